The zero-order valence-corrected chi connectivity index (χ0v) is 10.5. The fourth-order valence-electron chi connectivity index (χ4n) is 1.27. The molecular weight excluding hydrogens is 327 g/mol. The molecule has 2 heterocycles. The number of aromatic nitrogens is 1. The SMILES string of the molecule is O=C1NC(=O)C(Cc2ccc(I)nc2)S1. The van der Waals surface area contributed by atoms with Gasteiger partial charge in [-0.3, -0.25) is 19.9 Å². The molecule has 1 atom stereocenters. The van der Waals surface area contributed by atoms with Crippen LogP contribution in [0.3, 0.4) is 0 Å². The Morgan fingerprint density at radius 3 is 2.80 bits per heavy atom. The van der Waals surface area contributed by atoms with Crippen molar-refractivity contribution in [2.24, 2.45) is 0 Å². The van der Waals surface area contributed by atoms with Crippen LogP contribution in [0.15, 0.2) is 18.3 Å². The molecule has 0 spiro atoms. The molecule has 2 amide bonds. The highest BCUT2D eigenvalue weighted by Gasteiger charge is 2.31. The number of halogens is 1. The van der Waals surface area contributed by atoms with Gasteiger partial charge in [0.25, 0.3) is 5.24 Å². The van der Waals surface area contributed by atoms with E-state index in [9.17, 15) is 9.59 Å². The topological polar surface area (TPSA) is 59.1 Å². The van der Waals surface area contributed by atoms with Crippen LogP contribution in [0.2, 0.25) is 0 Å². The lowest BCUT2D eigenvalue weighted by atomic mass is 10.1. The van der Waals surface area contributed by atoms with Gasteiger partial charge in [-0.05, 0) is 40.6 Å². The van der Waals surface area contributed by atoms with Gasteiger partial charge in [0.1, 0.15) is 3.70 Å². The van der Waals surface area contributed by atoms with Gasteiger partial charge in [-0.15, -0.1) is 0 Å². The Labute approximate surface area is 104 Å². The molecular formula is C9H7IN2O2S. The molecule has 1 N–H and O–H groups in total. The first kappa shape index (κ1) is 10.9. The Balaban J connectivity index is 2.06. The lowest BCUT2D eigenvalue weighted by Crippen LogP contribution is -2.25. The van der Waals surface area contributed by atoms with Crippen LogP contribution in [0, 0.1) is 3.70 Å². The molecule has 1 aliphatic heterocycles. The Morgan fingerprint density at radius 2 is 2.27 bits per heavy atom. The van der Waals surface area contributed by atoms with Gasteiger partial charge in [0.15, 0.2) is 0 Å². The number of rotatable bonds is 2. The third-order valence-electron chi connectivity index (χ3n) is 1.98. The van der Waals surface area contributed by atoms with Crippen LogP contribution >= 0.6 is 34.4 Å². The maximum Gasteiger partial charge on any atom is 0.286 e. The van der Waals surface area contributed by atoms with E-state index in [1.807, 2.05) is 12.1 Å². The molecule has 1 fully saturated rings. The second-order valence-corrected chi connectivity index (χ2v) is 5.36. The molecule has 6 heteroatoms. The zero-order valence-electron chi connectivity index (χ0n) is 7.57. The number of nitrogens with zero attached hydrogens (tertiary/aromatic N) is 1. The van der Waals surface area contributed by atoms with Crippen molar-refractivity contribution in [3.8, 4) is 0 Å². The van der Waals surface area contributed by atoms with Crippen LogP contribution in [0.5, 0.6) is 0 Å². The van der Waals surface area contributed by atoms with E-state index in [1.165, 1.54) is 0 Å². The molecule has 78 valence electrons. The number of imide groups is 1. The third-order valence-corrected chi connectivity index (χ3v) is 3.60. The smallest absolute Gasteiger partial charge is 0.286 e. The number of amides is 2. The molecule has 2 rings (SSSR count). The average Bonchev–Trinajstić information content (AvgIpc) is 2.49. The van der Waals surface area contributed by atoms with E-state index in [0.717, 1.165) is 21.0 Å². The molecule has 15 heavy (non-hydrogen) atoms. The van der Waals surface area contributed by atoms with E-state index in [0.29, 0.717) is 6.42 Å². The first-order chi connectivity index (χ1) is 7.15. The maximum atomic E-state index is 11.3. The maximum absolute atomic E-state index is 11.3. The summed E-state index contributed by atoms with van der Waals surface area (Å²) in [5.41, 5.74) is 0.970. The minimum absolute atomic E-state index is 0.205. The van der Waals surface area contributed by atoms with E-state index in [-0.39, 0.29) is 16.4 Å². The lowest BCUT2D eigenvalue weighted by molar-refractivity contribution is -0.118. The molecule has 0 saturated carbocycles. The van der Waals surface area contributed by atoms with Gasteiger partial charge in [-0.2, -0.15) is 0 Å². The van der Waals surface area contributed by atoms with Gasteiger partial charge in [0, 0.05) is 6.20 Å². The molecule has 1 aromatic heterocycles. The highest BCUT2D eigenvalue weighted by atomic mass is 127. The third kappa shape index (κ3) is 2.69. The average molecular weight is 334 g/mol. The predicted octanol–water partition coefficient (Wildman–Crippen LogP) is 1.58. The van der Waals surface area contributed by atoms with Crippen molar-refractivity contribution in [2.45, 2.75) is 11.7 Å². The number of pyridine rings is 1. The number of thioether (sulfide) groups is 1. The van der Waals surface area contributed by atoms with Crippen molar-refractivity contribution in [1.82, 2.24) is 10.3 Å². The fraction of sp³-hybridized carbons (Fsp3) is 0.222. The Bertz CT molecular complexity index is 407. The van der Waals surface area contributed by atoms with Gasteiger partial charge in [-0.1, -0.05) is 17.8 Å². The molecule has 0 radical (unpaired) electrons. The second kappa shape index (κ2) is 4.48. The minimum Gasteiger partial charge on any atom is -0.286 e. The molecule has 1 aliphatic rings. The van der Waals surface area contributed by atoms with Gasteiger partial charge >= 0.3 is 0 Å². The summed E-state index contributed by atoms with van der Waals surface area (Å²) >= 11 is 3.16. The number of hydrogen-bond donors (Lipinski definition) is 1. The van der Waals surface area contributed by atoms with Gasteiger partial charge in [-0.25, -0.2) is 0 Å². The summed E-state index contributed by atoms with van der Waals surface area (Å²) in [6.45, 7) is 0. The van der Waals surface area contributed by atoms with Crippen LogP contribution in [0.25, 0.3) is 0 Å². The standard InChI is InChI=1S/C9H7IN2O2S/c10-7-2-1-5(4-11-7)3-6-8(13)12-9(14)15-6/h1-2,4,6H,3H2,(H,12,13,14). The van der Waals surface area contributed by atoms with Crippen LogP contribution < -0.4 is 5.32 Å². The lowest BCUT2D eigenvalue weighted by Gasteiger charge is -2.04. The molecule has 1 aromatic rings. The Morgan fingerprint density at radius 1 is 1.47 bits per heavy atom. The van der Waals surface area contributed by atoms with Crippen LogP contribution in [0.1, 0.15) is 5.56 Å². The van der Waals surface area contributed by atoms with Crippen LogP contribution in [0.4, 0.5) is 4.79 Å². The summed E-state index contributed by atoms with van der Waals surface area (Å²) in [5.74, 6) is -0.205. The van der Waals surface area contributed by atoms with Gasteiger partial charge in [0.2, 0.25) is 5.91 Å². The zero-order chi connectivity index (χ0) is 10.8. The fourth-order valence-corrected chi connectivity index (χ4v) is 2.45. The van der Waals surface area contributed by atoms with Crippen LogP contribution in [-0.2, 0) is 11.2 Å². The predicted molar refractivity (Wildman–Crippen MR) is 65.6 cm³/mol. The van der Waals surface area contributed by atoms with E-state index < -0.39 is 0 Å². The van der Waals surface area contributed by atoms with E-state index in [2.05, 4.69) is 32.9 Å². The van der Waals surface area contributed by atoms with Crippen molar-refractivity contribution in [2.75, 3.05) is 0 Å². The number of hydrogen-bond acceptors (Lipinski definition) is 4. The van der Waals surface area contributed by atoms with Crippen molar-refractivity contribution in [1.29, 1.82) is 0 Å². The molecule has 0 aliphatic carbocycles. The highest BCUT2D eigenvalue weighted by Crippen LogP contribution is 2.22. The Kier molecular flexibility index (Phi) is 3.25. The molecule has 0 aromatic carbocycles. The normalized spacial score (nSPS) is 20.5. The number of carbonyl (C=O) groups is 2. The number of carbonyl (C=O) groups excluding carboxylic acids is 2. The van der Waals surface area contributed by atoms with E-state index in [4.69, 9.17) is 0 Å². The summed E-state index contributed by atoms with van der Waals surface area (Å²) in [6.07, 6.45) is 2.28. The summed E-state index contributed by atoms with van der Waals surface area (Å²) in [6, 6.07) is 3.81. The molecule has 1 unspecified atom stereocenters. The van der Waals surface area contributed by atoms with Crippen molar-refractivity contribution < 1.29 is 9.59 Å². The summed E-state index contributed by atoms with van der Waals surface area (Å²) < 4.78 is 0.913. The highest BCUT2D eigenvalue weighted by molar-refractivity contribution is 14.1. The molecule has 0 bridgehead atoms. The van der Waals surface area contributed by atoms with Crippen molar-refractivity contribution in [3.63, 3.8) is 0 Å². The first-order valence-electron chi connectivity index (χ1n) is 4.27. The largest absolute Gasteiger partial charge is 0.286 e. The summed E-state index contributed by atoms with van der Waals surface area (Å²) in [7, 11) is 0. The van der Waals surface area contributed by atoms with Crippen molar-refractivity contribution >= 4 is 45.5 Å². The second-order valence-electron chi connectivity index (χ2n) is 3.08. The quantitative estimate of drug-likeness (QED) is 0.659. The Hall–Kier alpha value is -0.630. The molecule has 1 saturated heterocycles. The monoisotopic (exact) mass is 334 g/mol. The van der Waals surface area contributed by atoms with E-state index in [1.54, 1.807) is 6.20 Å². The van der Waals surface area contributed by atoms with Crippen molar-refractivity contribution in [3.05, 3.63) is 27.6 Å². The van der Waals surface area contributed by atoms with Gasteiger partial charge < -0.3 is 0 Å². The number of nitrogens with one attached hydrogen (secondary N) is 1. The van der Waals surface area contributed by atoms with Gasteiger partial charge in [0.05, 0.1) is 5.25 Å². The summed E-state index contributed by atoms with van der Waals surface area (Å²) in [4.78, 5) is 26.3. The molecule has 4 nitrogen and oxygen atoms in total. The minimum atomic E-state index is -0.306. The van der Waals surface area contributed by atoms with E-state index >= 15 is 0 Å². The van der Waals surface area contributed by atoms with Crippen LogP contribution in [-0.4, -0.2) is 21.4 Å². The summed E-state index contributed by atoms with van der Waals surface area (Å²) in [5, 5.41) is 1.69. The first-order valence-corrected chi connectivity index (χ1v) is 6.23.